The number of aliphatic imine (C=N–C) groups is 1. The SMILES string of the molecule is CN=C(NCC(C)c1cccc(C)c1)NC(C)C(C)C. The second-order valence-corrected chi connectivity index (χ2v) is 5.95. The van der Waals surface area contributed by atoms with Crippen LogP contribution in [0, 0.1) is 12.8 Å². The van der Waals surface area contributed by atoms with Crippen LogP contribution in [0.3, 0.4) is 0 Å². The van der Waals surface area contributed by atoms with Gasteiger partial charge in [0.15, 0.2) is 5.96 Å². The minimum Gasteiger partial charge on any atom is -0.356 e. The Morgan fingerprint density at radius 1 is 1.20 bits per heavy atom. The summed E-state index contributed by atoms with van der Waals surface area (Å²) in [4.78, 5) is 4.29. The van der Waals surface area contributed by atoms with Gasteiger partial charge in [-0.15, -0.1) is 0 Å². The lowest BCUT2D eigenvalue weighted by Crippen LogP contribution is -2.45. The van der Waals surface area contributed by atoms with Crippen LogP contribution in [0.2, 0.25) is 0 Å². The number of benzene rings is 1. The van der Waals surface area contributed by atoms with Crippen molar-refractivity contribution in [2.75, 3.05) is 13.6 Å². The third kappa shape index (κ3) is 5.24. The van der Waals surface area contributed by atoms with Gasteiger partial charge in [-0.25, -0.2) is 0 Å². The molecule has 1 aromatic rings. The van der Waals surface area contributed by atoms with E-state index in [1.165, 1.54) is 11.1 Å². The van der Waals surface area contributed by atoms with Crippen LogP contribution < -0.4 is 10.6 Å². The predicted octanol–water partition coefficient (Wildman–Crippen LogP) is 3.31. The van der Waals surface area contributed by atoms with E-state index in [0.717, 1.165) is 12.5 Å². The zero-order valence-corrected chi connectivity index (χ0v) is 13.7. The highest BCUT2D eigenvalue weighted by molar-refractivity contribution is 5.80. The molecule has 0 aliphatic carbocycles. The molecule has 0 saturated carbocycles. The van der Waals surface area contributed by atoms with Crippen molar-refractivity contribution in [1.29, 1.82) is 0 Å². The number of hydrogen-bond donors (Lipinski definition) is 2. The van der Waals surface area contributed by atoms with Gasteiger partial charge in [-0.05, 0) is 31.2 Å². The Kier molecular flexibility index (Phi) is 6.56. The van der Waals surface area contributed by atoms with Gasteiger partial charge in [0.1, 0.15) is 0 Å². The third-order valence-electron chi connectivity index (χ3n) is 3.77. The van der Waals surface area contributed by atoms with Gasteiger partial charge >= 0.3 is 0 Å². The maximum absolute atomic E-state index is 4.29. The van der Waals surface area contributed by atoms with E-state index < -0.39 is 0 Å². The topological polar surface area (TPSA) is 36.4 Å². The molecule has 2 unspecified atom stereocenters. The zero-order valence-electron chi connectivity index (χ0n) is 13.7. The van der Waals surface area contributed by atoms with Crippen molar-refractivity contribution in [2.45, 2.75) is 46.6 Å². The molecule has 0 aliphatic heterocycles. The Balaban J connectivity index is 2.52. The predicted molar refractivity (Wildman–Crippen MR) is 88.4 cm³/mol. The Morgan fingerprint density at radius 2 is 1.90 bits per heavy atom. The highest BCUT2D eigenvalue weighted by atomic mass is 15.2. The van der Waals surface area contributed by atoms with Crippen molar-refractivity contribution >= 4 is 5.96 Å². The molecule has 0 radical (unpaired) electrons. The molecule has 3 nitrogen and oxygen atoms in total. The van der Waals surface area contributed by atoms with Gasteiger partial charge in [-0.2, -0.15) is 0 Å². The average Bonchev–Trinajstić information content (AvgIpc) is 2.42. The second kappa shape index (κ2) is 7.93. The summed E-state index contributed by atoms with van der Waals surface area (Å²) in [6.07, 6.45) is 0. The van der Waals surface area contributed by atoms with Gasteiger partial charge in [0.05, 0.1) is 0 Å². The molecule has 0 bridgehead atoms. The van der Waals surface area contributed by atoms with E-state index in [1.54, 1.807) is 0 Å². The number of rotatable bonds is 5. The summed E-state index contributed by atoms with van der Waals surface area (Å²) in [5.41, 5.74) is 2.68. The largest absolute Gasteiger partial charge is 0.356 e. The maximum Gasteiger partial charge on any atom is 0.191 e. The van der Waals surface area contributed by atoms with Gasteiger partial charge in [0.25, 0.3) is 0 Å². The van der Waals surface area contributed by atoms with Gasteiger partial charge in [0.2, 0.25) is 0 Å². The van der Waals surface area contributed by atoms with Crippen LogP contribution in [-0.4, -0.2) is 25.6 Å². The monoisotopic (exact) mass is 275 g/mol. The summed E-state index contributed by atoms with van der Waals surface area (Å²) in [7, 11) is 1.82. The molecule has 2 atom stereocenters. The number of nitrogens with one attached hydrogen (secondary N) is 2. The molecule has 1 aromatic carbocycles. The molecule has 2 N–H and O–H groups in total. The first-order valence-corrected chi connectivity index (χ1v) is 7.47. The molecule has 0 fully saturated rings. The van der Waals surface area contributed by atoms with Crippen molar-refractivity contribution in [2.24, 2.45) is 10.9 Å². The average molecular weight is 275 g/mol. The van der Waals surface area contributed by atoms with Crippen LogP contribution in [0.4, 0.5) is 0 Å². The molecule has 0 heterocycles. The maximum atomic E-state index is 4.29. The van der Waals surface area contributed by atoms with Crippen molar-refractivity contribution in [3.8, 4) is 0 Å². The number of hydrogen-bond acceptors (Lipinski definition) is 1. The first-order valence-electron chi connectivity index (χ1n) is 7.47. The van der Waals surface area contributed by atoms with Gasteiger partial charge in [0, 0.05) is 19.6 Å². The van der Waals surface area contributed by atoms with Gasteiger partial charge in [-0.3, -0.25) is 4.99 Å². The number of guanidine groups is 1. The van der Waals surface area contributed by atoms with Crippen LogP contribution in [0.15, 0.2) is 29.3 Å². The van der Waals surface area contributed by atoms with E-state index in [9.17, 15) is 0 Å². The molecule has 1 rings (SSSR count). The molecular formula is C17H29N3. The fourth-order valence-electron chi connectivity index (χ4n) is 1.92. The third-order valence-corrected chi connectivity index (χ3v) is 3.77. The van der Waals surface area contributed by atoms with E-state index in [1.807, 2.05) is 7.05 Å². The zero-order chi connectivity index (χ0) is 15.1. The number of nitrogens with zero attached hydrogens (tertiary/aromatic N) is 1. The molecule has 20 heavy (non-hydrogen) atoms. The van der Waals surface area contributed by atoms with Crippen molar-refractivity contribution in [1.82, 2.24) is 10.6 Å². The van der Waals surface area contributed by atoms with Crippen LogP contribution in [0.5, 0.6) is 0 Å². The van der Waals surface area contributed by atoms with Crippen LogP contribution in [0.25, 0.3) is 0 Å². The highest BCUT2D eigenvalue weighted by Gasteiger charge is 2.10. The molecule has 0 spiro atoms. The summed E-state index contributed by atoms with van der Waals surface area (Å²) in [5.74, 6) is 1.93. The first-order chi connectivity index (χ1) is 9.43. The first kappa shape index (κ1) is 16.5. The summed E-state index contributed by atoms with van der Waals surface area (Å²) >= 11 is 0. The van der Waals surface area contributed by atoms with E-state index in [-0.39, 0.29) is 0 Å². The van der Waals surface area contributed by atoms with E-state index in [4.69, 9.17) is 0 Å². The lowest BCUT2D eigenvalue weighted by Gasteiger charge is -2.22. The normalized spacial score (nSPS) is 15.1. The molecule has 0 aromatic heterocycles. The smallest absolute Gasteiger partial charge is 0.191 e. The summed E-state index contributed by atoms with van der Waals surface area (Å²) in [6.45, 7) is 11.9. The minimum absolute atomic E-state index is 0.412. The lowest BCUT2D eigenvalue weighted by molar-refractivity contribution is 0.480. The van der Waals surface area contributed by atoms with E-state index in [2.05, 4.69) is 74.5 Å². The summed E-state index contributed by atoms with van der Waals surface area (Å²) < 4.78 is 0. The Morgan fingerprint density at radius 3 is 2.45 bits per heavy atom. The van der Waals surface area contributed by atoms with Crippen LogP contribution in [0.1, 0.15) is 44.7 Å². The summed E-state index contributed by atoms with van der Waals surface area (Å²) in [5, 5.41) is 6.83. The van der Waals surface area contributed by atoms with Crippen molar-refractivity contribution < 1.29 is 0 Å². The molecule has 0 aliphatic rings. The van der Waals surface area contributed by atoms with Gasteiger partial charge in [-0.1, -0.05) is 50.6 Å². The fraction of sp³-hybridized carbons (Fsp3) is 0.588. The summed E-state index contributed by atoms with van der Waals surface area (Å²) in [6, 6.07) is 9.10. The molecule has 0 saturated heterocycles. The molecule has 112 valence electrons. The number of aryl methyl sites for hydroxylation is 1. The quantitative estimate of drug-likeness (QED) is 0.639. The minimum atomic E-state index is 0.412. The van der Waals surface area contributed by atoms with Crippen molar-refractivity contribution in [3.05, 3.63) is 35.4 Å². The second-order valence-electron chi connectivity index (χ2n) is 5.95. The molecule has 3 heteroatoms. The fourth-order valence-corrected chi connectivity index (χ4v) is 1.92. The lowest BCUT2D eigenvalue weighted by atomic mass is 9.99. The van der Waals surface area contributed by atoms with E-state index >= 15 is 0 Å². The van der Waals surface area contributed by atoms with Crippen LogP contribution in [-0.2, 0) is 0 Å². The Bertz CT molecular complexity index is 438. The Labute approximate surface area is 123 Å². The standard InChI is InChI=1S/C17H29N3/c1-12(2)15(5)20-17(18-6)19-11-14(4)16-9-7-8-13(3)10-16/h7-10,12,14-15H,11H2,1-6H3,(H2,18,19,20). The Hall–Kier alpha value is -1.51. The van der Waals surface area contributed by atoms with Crippen molar-refractivity contribution in [3.63, 3.8) is 0 Å². The van der Waals surface area contributed by atoms with E-state index in [0.29, 0.717) is 17.9 Å². The molecule has 0 amide bonds. The highest BCUT2D eigenvalue weighted by Crippen LogP contribution is 2.15. The molecular weight excluding hydrogens is 246 g/mol. The van der Waals surface area contributed by atoms with Crippen LogP contribution >= 0.6 is 0 Å². The van der Waals surface area contributed by atoms with Gasteiger partial charge < -0.3 is 10.6 Å².